The fourth-order valence-corrected chi connectivity index (χ4v) is 2.22. The predicted molar refractivity (Wildman–Crippen MR) is 56.0 cm³/mol. The predicted octanol–water partition coefficient (Wildman–Crippen LogP) is 1.75. The summed E-state index contributed by atoms with van der Waals surface area (Å²) in [6, 6.07) is 6.42. The van der Waals surface area contributed by atoms with Crippen LogP contribution in [0.1, 0.15) is 23.9 Å². The first kappa shape index (κ1) is 8.00. The van der Waals surface area contributed by atoms with Gasteiger partial charge in [0.15, 0.2) is 0 Å². The molecule has 1 unspecified atom stereocenters. The summed E-state index contributed by atoms with van der Waals surface area (Å²) in [5.41, 5.74) is 9.55. The van der Waals surface area contributed by atoms with Crippen molar-refractivity contribution in [2.45, 2.75) is 25.9 Å². The highest BCUT2D eigenvalue weighted by Crippen LogP contribution is 2.29. The number of hydrogen-bond donors (Lipinski definition) is 1. The number of aromatic nitrogens is 2. The third kappa shape index (κ3) is 0.876. The molecule has 0 fully saturated rings. The van der Waals surface area contributed by atoms with Crippen molar-refractivity contribution in [1.82, 2.24) is 9.55 Å². The van der Waals surface area contributed by atoms with Crippen LogP contribution in [0.15, 0.2) is 18.2 Å². The lowest BCUT2D eigenvalue weighted by atomic mass is 10.2. The van der Waals surface area contributed by atoms with Gasteiger partial charge in [-0.15, -0.1) is 0 Å². The molecule has 0 spiro atoms. The summed E-state index contributed by atoms with van der Waals surface area (Å²) in [4.78, 5) is 4.61. The molecule has 1 aliphatic heterocycles. The molecule has 0 saturated carbocycles. The number of nitrogens with two attached hydrogens (primary N) is 1. The summed E-state index contributed by atoms with van der Waals surface area (Å²) < 4.78 is 2.24. The van der Waals surface area contributed by atoms with Crippen molar-refractivity contribution in [1.29, 1.82) is 0 Å². The van der Waals surface area contributed by atoms with Crippen LogP contribution in [0, 0.1) is 6.92 Å². The number of nitrogens with zero attached hydrogens (tertiary/aromatic N) is 2. The van der Waals surface area contributed by atoms with E-state index in [0.717, 1.165) is 24.3 Å². The normalized spacial score (nSPS) is 20.3. The number of imidazole rings is 1. The van der Waals surface area contributed by atoms with E-state index in [1.54, 1.807) is 0 Å². The average molecular weight is 187 g/mol. The molecule has 1 aromatic carbocycles. The average Bonchev–Trinajstić information content (AvgIpc) is 2.69. The second-order valence-corrected chi connectivity index (χ2v) is 3.96. The van der Waals surface area contributed by atoms with Crippen LogP contribution in [0.25, 0.3) is 11.0 Å². The lowest BCUT2D eigenvalue weighted by molar-refractivity contribution is 0.685. The molecule has 1 atom stereocenters. The Kier molecular flexibility index (Phi) is 1.47. The third-order valence-electron chi connectivity index (χ3n) is 3.01. The molecule has 72 valence electrons. The van der Waals surface area contributed by atoms with Gasteiger partial charge in [-0.1, -0.05) is 12.1 Å². The van der Waals surface area contributed by atoms with Crippen LogP contribution in [-0.2, 0) is 6.54 Å². The first-order valence-electron chi connectivity index (χ1n) is 4.98. The summed E-state index contributed by atoms with van der Waals surface area (Å²) in [5.74, 6) is 1.05. The maximum absolute atomic E-state index is 5.98. The number of para-hydroxylation sites is 1. The third-order valence-corrected chi connectivity index (χ3v) is 3.01. The van der Waals surface area contributed by atoms with Gasteiger partial charge in [0.05, 0.1) is 17.1 Å². The van der Waals surface area contributed by atoms with Gasteiger partial charge in [-0.2, -0.15) is 0 Å². The summed E-state index contributed by atoms with van der Waals surface area (Å²) >= 11 is 0. The largest absolute Gasteiger partial charge is 0.327 e. The number of hydrogen-bond acceptors (Lipinski definition) is 2. The minimum absolute atomic E-state index is 0.127. The Hall–Kier alpha value is -1.35. The Morgan fingerprint density at radius 3 is 3.21 bits per heavy atom. The molecular formula is C11H13N3. The molecule has 0 bridgehead atoms. The molecule has 0 amide bonds. The molecule has 3 nitrogen and oxygen atoms in total. The monoisotopic (exact) mass is 187 g/mol. The number of benzene rings is 1. The van der Waals surface area contributed by atoms with Gasteiger partial charge in [0.25, 0.3) is 0 Å². The highest BCUT2D eigenvalue weighted by atomic mass is 15.1. The fourth-order valence-electron chi connectivity index (χ4n) is 2.22. The molecule has 1 aromatic heterocycles. The Morgan fingerprint density at radius 1 is 1.50 bits per heavy atom. The van der Waals surface area contributed by atoms with Gasteiger partial charge in [0, 0.05) is 6.54 Å². The van der Waals surface area contributed by atoms with Crippen LogP contribution >= 0.6 is 0 Å². The van der Waals surface area contributed by atoms with Gasteiger partial charge in [0.2, 0.25) is 0 Å². The van der Waals surface area contributed by atoms with Crippen molar-refractivity contribution in [3.05, 3.63) is 29.6 Å². The SMILES string of the molecule is Cc1cccc2c1nc1n2CCC1N. The maximum atomic E-state index is 5.98. The number of fused-ring (bicyclic) bond motifs is 3. The smallest absolute Gasteiger partial charge is 0.126 e. The van der Waals surface area contributed by atoms with E-state index in [1.807, 2.05) is 0 Å². The van der Waals surface area contributed by atoms with Gasteiger partial charge in [-0.05, 0) is 25.0 Å². The van der Waals surface area contributed by atoms with E-state index in [2.05, 4.69) is 34.7 Å². The van der Waals surface area contributed by atoms with Crippen LogP contribution in [0.2, 0.25) is 0 Å². The standard InChI is InChI=1S/C11H13N3/c1-7-3-2-4-9-10(7)13-11-8(12)5-6-14(9)11/h2-4,8H,5-6,12H2,1H3. The molecule has 0 aliphatic carbocycles. The van der Waals surface area contributed by atoms with Crippen LogP contribution in [0.4, 0.5) is 0 Å². The van der Waals surface area contributed by atoms with E-state index in [-0.39, 0.29) is 6.04 Å². The second-order valence-electron chi connectivity index (χ2n) is 3.96. The van der Waals surface area contributed by atoms with E-state index in [9.17, 15) is 0 Å². The summed E-state index contributed by atoms with van der Waals surface area (Å²) in [6.07, 6.45) is 1.02. The van der Waals surface area contributed by atoms with Crippen molar-refractivity contribution < 1.29 is 0 Å². The van der Waals surface area contributed by atoms with E-state index in [4.69, 9.17) is 5.73 Å². The maximum Gasteiger partial charge on any atom is 0.126 e. The molecule has 2 heterocycles. The van der Waals surface area contributed by atoms with E-state index >= 15 is 0 Å². The van der Waals surface area contributed by atoms with Crippen molar-refractivity contribution >= 4 is 11.0 Å². The van der Waals surface area contributed by atoms with Gasteiger partial charge >= 0.3 is 0 Å². The van der Waals surface area contributed by atoms with Crippen LogP contribution < -0.4 is 5.73 Å². The zero-order valence-corrected chi connectivity index (χ0v) is 8.20. The molecule has 2 aromatic rings. The fraction of sp³-hybridized carbons (Fsp3) is 0.364. The van der Waals surface area contributed by atoms with Crippen molar-refractivity contribution in [2.24, 2.45) is 5.73 Å². The molecule has 2 N–H and O–H groups in total. The lowest BCUT2D eigenvalue weighted by Crippen LogP contribution is -2.06. The van der Waals surface area contributed by atoms with E-state index in [1.165, 1.54) is 11.1 Å². The minimum Gasteiger partial charge on any atom is -0.327 e. The van der Waals surface area contributed by atoms with Crippen LogP contribution in [0.3, 0.4) is 0 Å². The quantitative estimate of drug-likeness (QED) is 0.682. The van der Waals surface area contributed by atoms with Crippen LogP contribution in [-0.4, -0.2) is 9.55 Å². The van der Waals surface area contributed by atoms with E-state index in [0.29, 0.717) is 0 Å². The van der Waals surface area contributed by atoms with Crippen molar-refractivity contribution in [3.63, 3.8) is 0 Å². The summed E-state index contributed by atoms with van der Waals surface area (Å²) in [7, 11) is 0. The second kappa shape index (κ2) is 2.58. The highest BCUT2D eigenvalue weighted by molar-refractivity contribution is 5.79. The molecule has 0 saturated heterocycles. The molecule has 3 rings (SSSR count). The van der Waals surface area contributed by atoms with Gasteiger partial charge < -0.3 is 10.3 Å². The van der Waals surface area contributed by atoms with Gasteiger partial charge in [0.1, 0.15) is 5.82 Å². The number of aryl methyl sites for hydroxylation is 2. The van der Waals surface area contributed by atoms with Crippen molar-refractivity contribution in [3.8, 4) is 0 Å². The first-order chi connectivity index (χ1) is 6.77. The summed E-state index contributed by atoms with van der Waals surface area (Å²) in [5, 5.41) is 0. The Morgan fingerprint density at radius 2 is 2.36 bits per heavy atom. The zero-order chi connectivity index (χ0) is 9.71. The van der Waals surface area contributed by atoms with Gasteiger partial charge in [-0.3, -0.25) is 0 Å². The van der Waals surface area contributed by atoms with Crippen LogP contribution in [0.5, 0.6) is 0 Å². The first-order valence-corrected chi connectivity index (χ1v) is 4.98. The molecule has 1 aliphatic rings. The highest BCUT2D eigenvalue weighted by Gasteiger charge is 2.23. The number of rotatable bonds is 0. The summed E-state index contributed by atoms with van der Waals surface area (Å²) in [6.45, 7) is 3.10. The topological polar surface area (TPSA) is 43.8 Å². The Bertz CT molecular complexity index is 498. The minimum atomic E-state index is 0.127. The molecule has 14 heavy (non-hydrogen) atoms. The zero-order valence-electron chi connectivity index (χ0n) is 8.20. The molecule has 3 heteroatoms. The Balaban J connectivity index is 2.40. The van der Waals surface area contributed by atoms with Gasteiger partial charge in [-0.25, -0.2) is 4.98 Å². The van der Waals surface area contributed by atoms with E-state index < -0.39 is 0 Å². The Labute approximate surface area is 82.5 Å². The molecular weight excluding hydrogens is 174 g/mol. The molecule has 0 radical (unpaired) electrons. The lowest BCUT2D eigenvalue weighted by Gasteiger charge is -1.98. The van der Waals surface area contributed by atoms with Crippen molar-refractivity contribution in [2.75, 3.05) is 0 Å².